The molecule has 3 saturated heterocycles. The zero-order valence-corrected chi connectivity index (χ0v) is 14.6. The minimum atomic E-state index is -0.0966. The van der Waals surface area contributed by atoms with Gasteiger partial charge in [0.15, 0.2) is 0 Å². The molecule has 0 aliphatic carbocycles. The topological polar surface area (TPSA) is 56.4 Å². The van der Waals surface area contributed by atoms with Crippen LogP contribution in [0.25, 0.3) is 0 Å². The van der Waals surface area contributed by atoms with Crippen LogP contribution in [-0.2, 0) is 4.79 Å². The largest absolute Gasteiger partial charge is 0.342 e. The molecule has 0 saturated carbocycles. The first-order chi connectivity index (χ1) is 11.7. The number of nitrogens with zero attached hydrogens (tertiary/aromatic N) is 1. The molecule has 1 amide bonds. The quantitative estimate of drug-likeness (QED) is 0.761. The second-order valence-corrected chi connectivity index (χ2v) is 7.79. The standard InChI is InChI=1S/C18H25ClN4O/c19-15-4-2-1-3-13(15)16-14(11-21-22-16)17(24)23-9-6-18(7-10-23)5-8-20-12-18/h1-4,14,16,20-22H,5-12H2. The Labute approximate surface area is 148 Å². The van der Waals surface area contributed by atoms with Crippen molar-refractivity contribution >= 4 is 17.5 Å². The second-order valence-electron chi connectivity index (χ2n) is 7.38. The van der Waals surface area contributed by atoms with Gasteiger partial charge in [-0.25, -0.2) is 5.43 Å². The lowest BCUT2D eigenvalue weighted by Crippen LogP contribution is -2.47. The van der Waals surface area contributed by atoms with E-state index in [9.17, 15) is 4.79 Å². The van der Waals surface area contributed by atoms with Crippen LogP contribution in [0.2, 0.25) is 5.02 Å². The Hall–Kier alpha value is -1.14. The second kappa shape index (κ2) is 6.64. The smallest absolute Gasteiger partial charge is 0.229 e. The van der Waals surface area contributed by atoms with E-state index in [-0.39, 0.29) is 17.9 Å². The number of carbonyl (C=O) groups is 1. The van der Waals surface area contributed by atoms with Crippen LogP contribution in [0.15, 0.2) is 24.3 Å². The third-order valence-electron chi connectivity index (χ3n) is 6.01. The third-order valence-corrected chi connectivity index (χ3v) is 6.35. The SMILES string of the molecule is O=C(C1CNNC1c1ccccc1Cl)N1CCC2(CCNC2)CC1. The van der Waals surface area contributed by atoms with Crippen LogP contribution >= 0.6 is 11.6 Å². The summed E-state index contributed by atoms with van der Waals surface area (Å²) in [4.78, 5) is 15.1. The maximum Gasteiger partial charge on any atom is 0.229 e. The number of rotatable bonds is 2. The molecule has 6 heteroatoms. The van der Waals surface area contributed by atoms with Crippen molar-refractivity contribution in [1.29, 1.82) is 0 Å². The first-order valence-corrected chi connectivity index (χ1v) is 9.29. The Kier molecular flexibility index (Phi) is 4.52. The van der Waals surface area contributed by atoms with E-state index in [1.165, 1.54) is 6.42 Å². The molecule has 0 aromatic heterocycles. The predicted octanol–water partition coefficient (Wildman–Crippen LogP) is 1.71. The van der Waals surface area contributed by atoms with Gasteiger partial charge in [0.25, 0.3) is 0 Å². The molecule has 1 spiro atoms. The van der Waals surface area contributed by atoms with Gasteiger partial charge in [-0.15, -0.1) is 0 Å². The molecular formula is C18H25ClN4O. The van der Waals surface area contributed by atoms with Crippen LogP contribution in [0.3, 0.4) is 0 Å². The number of amides is 1. The highest BCUT2D eigenvalue weighted by Gasteiger charge is 2.42. The van der Waals surface area contributed by atoms with Crippen LogP contribution in [-0.4, -0.2) is 43.5 Å². The molecule has 130 valence electrons. The summed E-state index contributed by atoms with van der Waals surface area (Å²) in [5.74, 6) is 0.152. The van der Waals surface area contributed by atoms with E-state index in [2.05, 4.69) is 21.1 Å². The van der Waals surface area contributed by atoms with E-state index in [0.717, 1.165) is 44.6 Å². The van der Waals surface area contributed by atoms with Gasteiger partial charge in [0.2, 0.25) is 5.91 Å². The van der Waals surface area contributed by atoms with Crippen molar-refractivity contribution in [2.75, 3.05) is 32.7 Å². The molecule has 3 fully saturated rings. The van der Waals surface area contributed by atoms with E-state index >= 15 is 0 Å². The van der Waals surface area contributed by atoms with Crippen molar-refractivity contribution in [3.8, 4) is 0 Å². The first-order valence-electron chi connectivity index (χ1n) is 8.91. The van der Waals surface area contributed by atoms with Crippen LogP contribution in [0.1, 0.15) is 30.9 Å². The molecule has 4 rings (SSSR count). The number of nitrogens with one attached hydrogen (secondary N) is 3. The fourth-order valence-electron chi connectivity index (χ4n) is 4.41. The highest BCUT2D eigenvalue weighted by Crippen LogP contribution is 2.38. The van der Waals surface area contributed by atoms with Gasteiger partial charge in [-0.1, -0.05) is 29.8 Å². The number of hydrazine groups is 1. The summed E-state index contributed by atoms with van der Waals surface area (Å²) in [6, 6.07) is 7.72. The van der Waals surface area contributed by atoms with Crippen molar-refractivity contribution in [2.45, 2.75) is 25.3 Å². The molecule has 2 unspecified atom stereocenters. The van der Waals surface area contributed by atoms with Crippen LogP contribution in [0, 0.1) is 11.3 Å². The van der Waals surface area contributed by atoms with E-state index in [4.69, 9.17) is 11.6 Å². The van der Waals surface area contributed by atoms with E-state index in [1.807, 2.05) is 24.3 Å². The van der Waals surface area contributed by atoms with Gasteiger partial charge < -0.3 is 10.2 Å². The summed E-state index contributed by atoms with van der Waals surface area (Å²) in [6.45, 7) is 4.65. The van der Waals surface area contributed by atoms with Crippen LogP contribution < -0.4 is 16.2 Å². The fraction of sp³-hybridized carbons (Fsp3) is 0.611. The highest BCUT2D eigenvalue weighted by molar-refractivity contribution is 6.31. The highest BCUT2D eigenvalue weighted by atomic mass is 35.5. The molecule has 1 aromatic carbocycles. The summed E-state index contributed by atoms with van der Waals surface area (Å²) in [5.41, 5.74) is 7.82. The van der Waals surface area contributed by atoms with Crippen LogP contribution in [0.4, 0.5) is 0 Å². The molecule has 0 radical (unpaired) electrons. The monoisotopic (exact) mass is 348 g/mol. The van der Waals surface area contributed by atoms with Gasteiger partial charge in [0, 0.05) is 31.2 Å². The Morgan fingerprint density at radius 2 is 2.00 bits per heavy atom. The van der Waals surface area contributed by atoms with Crippen molar-refractivity contribution in [3.05, 3.63) is 34.9 Å². The number of likely N-dealkylation sites (tertiary alicyclic amines) is 1. The number of benzene rings is 1. The molecule has 3 N–H and O–H groups in total. The van der Waals surface area contributed by atoms with E-state index in [1.54, 1.807) is 0 Å². The Morgan fingerprint density at radius 3 is 2.71 bits per heavy atom. The van der Waals surface area contributed by atoms with E-state index < -0.39 is 0 Å². The minimum absolute atomic E-state index is 0.0600. The molecule has 3 aliphatic heterocycles. The lowest BCUT2D eigenvalue weighted by molar-refractivity contribution is -0.137. The fourth-order valence-corrected chi connectivity index (χ4v) is 4.66. The zero-order valence-electron chi connectivity index (χ0n) is 13.9. The third kappa shape index (κ3) is 2.94. The van der Waals surface area contributed by atoms with E-state index in [0.29, 0.717) is 17.0 Å². The number of halogens is 1. The van der Waals surface area contributed by atoms with Crippen molar-refractivity contribution in [3.63, 3.8) is 0 Å². The number of hydrogen-bond donors (Lipinski definition) is 3. The lowest BCUT2D eigenvalue weighted by Gasteiger charge is -2.40. The maximum absolute atomic E-state index is 13.1. The maximum atomic E-state index is 13.1. The number of carbonyl (C=O) groups excluding carboxylic acids is 1. The summed E-state index contributed by atoms with van der Waals surface area (Å²) < 4.78 is 0. The summed E-state index contributed by atoms with van der Waals surface area (Å²) in [7, 11) is 0. The Bertz CT molecular complexity index is 607. The van der Waals surface area contributed by atoms with Gasteiger partial charge in [-0.2, -0.15) is 0 Å². The normalized spacial score (nSPS) is 29.3. The van der Waals surface area contributed by atoms with Gasteiger partial charge in [0.1, 0.15) is 0 Å². The van der Waals surface area contributed by atoms with Crippen molar-refractivity contribution < 1.29 is 4.79 Å². The van der Waals surface area contributed by atoms with Gasteiger partial charge in [0.05, 0.1) is 12.0 Å². The minimum Gasteiger partial charge on any atom is -0.342 e. The molecule has 2 atom stereocenters. The van der Waals surface area contributed by atoms with Gasteiger partial charge in [-0.05, 0) is 42.9 Å². The average Bonchev–Trinajstić information content (AvgIpc) is 3.25. The first kappa shape index (κ1) is 16.3. The van der Waals surface area contributed by atoms with Gasteiger partial charge >= 0.3 is 0 Å². The number of hydrogen-bond acceptors (Lipinski definition) is 4. The summed E-state index contributed by atoms with van der Waals surface area (Å²) >= 11 is 6.34. The molecule has 3 aliphatic rings. The summed E-state index contributed by atoms with van der Waals surface area (Å²) in [6.07, 6.45) is 3.50. The molecule has 0 bridgehead atoms. The molecule has 3 heterocycles. The zero-order chi connectivity index (χ0) is 16.6. The summed E-state index contributed by atoms with van der Waals surface area (Å²) in [5, 5.41) is 4.19. The average molecular weight is 349 g/mol. The predicted molar refractivity (Wildman–Crippen MR) is 94.6 cm³/mol. The molecule has 1 aromatic rings. The van der Waals surface area contributed by atoms with Gasteiger partial charge in [-0.3, -0.25) is 10.2 Å². The molecular weight excluding hydrogens is 324 g/mol. The van der Waals surface area contributed by atoms with Crippen molar-refractivity contribution in [1.82, 2.24) is 21.1 Å². The Morgan fingerprint density at radius 1 is 1.21 bits per heavy atom. The lowest BCUT2D eigenvalue weighted by atomic mass is 9.77. The van der Waals surface area contributed by atoms with Crippen LogP contribution in [0.5, 0.6) is 0 Å². The Balaban J connectivity index is 1.45. The molecule has 24 heavy (non-hydrogen) atoms. The van der Waals surface area contributed by atoms with Crippen molar-refractivity contribution in [2.24, 2.45) is 11.3 Å². The molecule has 5 nitrogen and oxygen atoms in total. The number of piperidine rings is 1.